The first-order chi connectivity index (χ1) is 9.00. The van der Waals surface area contributed by atoms with Crippen LogP contribution >= 0.6 is 15.9 Å². The van der Waals surface area contributed by atoms with Gasteiger partial charge in [-0.15, -0.1) is 0 Å². The lowest BCUT2D eigenvalue weighted by molar-refractivity contribution is 0.406. The highest BCUT2D eigenvalue weighted by Crippen LogP contribution is 2.23. The maximum Gasteiger partial charge on any atom is 0.150 e. The maximum absolute atomic E-state index is 11.4. The van der Waals surface area contributed by atoms with Crippen LogP contribution in [-0.4, -0.2) is 33.6 Å². The van der Waals surface area contributed by atoms with Crippen LogP contribution in [0.1, 0.15) is 12.0 Å². The Morgan fingerprint density at radius 1 is 1.47 bits per heavy atom. The molecule has 4 nitrogen and oxygen atoms in total. The highest BCUT2D eigenvalue weighted by molar-refractivity contribution is 9.10. The van der Waals surface area contributed by atoms with Gasteiger partial charge in [-0.1, -0.05) is 15.9 Å². The van der Waals surface area contributed by atoms with Crippen LogP contribution in [0.4, 0.5) is 0 Å². The van der Waals surface area contributed by atoms with Gasteiger partial charge in [-0.25, -0.2) is 8.42 Å². The average molecular weight is 348 g/mol. The molecule has 0 radical (unpaired) electrons. The molecule has 1 heterocycles. The number of sulfone groups is 1. The second-order valence-electron chi connectivity index (χ2n) is 4.86. The Labute approximate surface area is 122 Å². The van der Waals surface area contributed by atoms with Crippen molar-refractivity contribution >= 4 is 25.8 Å². The third kappa shape index (κ3) is 4.19. The average Bonchev–Trinajstić information content (AvgIpc) is 2.69. The number of ether oxygens (including phenoxy) is 1. The lowest BCUT2D eigenvalue weighted by Gasteiger charge is -2.12. The Morgan fingerprint density at radius 3 is 2.89 bits per heavy atom. The Hall–Kier alpha value is -0.590. The molecule has 0 aliphatic carbocycles. The predicted octanol–water partition coefficient (Wildman–Crippen LogP) is 1.98. The fraction of sp³-hybridized carbons (Fsp3) is 0.538. The molecule has 1 aromatic carbocycles. The van der Waals surface area contributed by atoms with E-state index in [9.17, 15) is 8.42 Å². The molecule has 19 heavy (non-hydrogen) atoms. The maximum atomic E-state index is 11.4. The molecule has 2 rings (SSSR count). The summed E-state index contributed by atoms with van der Waals surface area (Å²) >= 11 is 3.44. The van der Waals surface area contributed by atoms with Crippen molar-refractivity contribution in [2.24, 2.45) is 5.92 Å². The van der Waals surface area contributed by atoms with Crippen molar-refractivity contribution in [3.05, 3.63) is 28.2 Å². The molecule has 6 heteroatoms. The van der Waals surface area contributed by atoms with Crippen LogP contribution in [0.3, 0.4) is 0 Å². The van der Waals surface area contributed by atoms with Gasteiger partial charge >= 0.3 is 0 Å². The molecule has 0 saturated carbocycles. The van der Waals surface area contributed by atoms with Crippen LogP contribution in [0, 0.1) is 5.92 Å². The van der Waals surface area contributed by atoms with Crippen LogP contribution in [0.5, 0.6) is 5.75 Å². The predicted molar refractivity (Wildman–Crippen MR) is 79.2 cm³/mol. The van der Waals surface area contributed by atoms with E-state index in [1.165, 1.54) is 0 Å². The quantitative estimate of drug-likeness (QED) is 0.884. The van der Waals surface area contributed by atoms with Crippen molar-refractivity contribution in [3.8, 4) is 5.75 Å². The first-order valence-corrected chi connectivity index (χ1v) is 8.85. The largest absolute Gasteiger partial charge is 0.496 e. The molecule has 0 spiro atoms. The molecule has 1 atom stereocenters. The lowest BCUT2D eigenvalue weighted by atomic mass is 10.1. The van der Waals surface area contributed by atoms with Crippen molar-refractivity contribution < 1.29 is 13.2 Å². The Kier molecular flexibility index (Phi) is 4.86. The van der Waals surface area contributed by atoms with Crippen LogP contribution in [0.2, 0.25) is 0 Å². The zero-order valence-corrected chi connectivity index (χ0v) is 13.3. The van der Waals surface area contributed by atoms with Gasteiger partial charge in [0, 0.05) is 16.6 Å². The van der Waals surface area contributed by atoms with Gasteiger partial charge < -0.3 is 10.1 Å². The normalized spacial score (nSPS) is 21.5. The van der Waals surface area contributed by atoms with Gasteiger partial charge in [-0.05, 0) is 37.1 Å². The lowest BCUT2D eigenvalue weighted by Crippen LogP contribution is -2.23. The summed E-state index contributed by atoms with van der Waals surface area (Å²) in [5.41, 5.74) is 1.07. The van der Waals surface area contributed by atoms with Crippen molar-refractivity contribution in [2.45, 2.75) is 13.0 Å². The SMILES string of the molecule is COc1ccc(Br)cc1CNCC1CCS(=O)(=O)C1. The highest BCUT2D eigenvalue weighted by atomic mass is 79.9. The van der Waals surface area contributed by atoms with E-state index in [1.54, 1.807) is 7.11 Å². The summed E-state index contributed by atoms with van der Waals surface area (Å²) in [6, 6.07) is 5.87. The summed E-state index contributed by atoms with van der Waals surface area (Å²) in [4.78, 5) is 0. The van der Waals surface area contributed by atoms with Gasteiger partial charge in [-0.2, -0.15) is 0 Å². The van der Waals surface area contributed by atoms with Gasteiger partial charge in [0.05, 0.1) is 18.6 Å². The molecule has 1 aromatic rings. The second-order valence-corrected chi connectivity index (χ2v) is 8.00. The molecule has 1 aliphatic rings. The van der Waals surface area contributed by atoms with Crippen LogP contribution < -0.4 is 10.1 Å². The summed E-state index contributed by atoms with van der Waals surface area (Å²) in [6.45, 7) is 1.41. The minimum Gasteiger partial charge on any atom is -0.496 e. The Bertz CT molecular complexity index is 545. The summed E-state index contributed by atoms with van der Waals surface area (Å²) in [6.07, 6.45) is 0.769. The smallest absolute Gasteiger partial charge is 0.150 e. The van der Waals surface area contributed by atoms with E-state index in [0.717, 1.165) is 28.8 Å². The third-order valence-corrected chi connectivity index (χ3v) is 5.65. The topological polar surface area (TPSA) is 55.4 Å². The number of methoxy groups -OCH3 is 1. The highest BCUT2D eigenvalue weighted by Gasteiger charge is 2.27. The number of hydrogen-bond donors (Lipinski definition) is 1. The summed E-state index contributed by atoms with van der Waals surface area (Å²) in [5, 5.41) is 3.32. The van der Waals surface area contributed by atoms with Crippen molar-refractivity contribution in [3.63, 3.8) is 0 Å². The van der Waals surface area contributed by atoms with Crippen LogP contribution in [0.15, 0.2) is 22.7 Å². The molecule has 1 unspecified atom stereocenters. The van der Waals surface area contributed by atoms with E-state index < -0.39 is 9.84 Å². The molecular formula is C13H18BrNO3S. The second kappa shape index (κ2) is 6.24. The van der Waals surface area contributed by atoms with Gasteiger partial charge in [0.15, 0.2) is 9.84 Å². The standard InChI is InChI=1S/C13H18BrNO3S/c1-18-13-3-2-12(14)6-11(13)8-15-7-10-4-5-19(16,17)9-10/h2-3,6,10,15H,4-5,7-9H2,1H3. The zero-order chi connectivity index (χ0) is 13.9. The molecule has 0 amide bonds. The monoisotopic (exact) mass is 347 g/mol. The molecule has 106 valence electrons. The third-order valence-electron chi connectivity index (χ3n) is 3.32. The fourth-order valence-corrected chi connectivity index (χ4v) is 4.60. The first-order valence-electron chi connectivity index (χ1n) is 6.24. The molecular weight excluding hydrogens is 330 g/mol. The number of hydrogen-bond acceptors (Lipinski definition) is 4. The van der Waals surface area contributed by atoms with Crippen LogP contribution in [0.25, 0.3) is 0 Å². The van der Waals surface area contributed by atoms with E-state index in [-0.39, 0.29) is 5.92 Å². The van der Waals surface area contributed by atoms with Gasteiger partial charge in [0.1, 0.15) is 5.75 Å². The molecule has 1 aliphatic heterocycles. The number of nitrogens with one attached hydrogen (secondary N) is 1. The van der Waals surface area contributed by atoms with E-state index in [4.69, 9.17) is 4.74 Å². The van der Waals surface area contributed by atoms with E-state index in [0.29, 0.717) is 18.1 Å². The summed E-state index contributed by atoms with van der Waals surface area (Å²) in [7, 11) is -1.13. The minimum atomic E-state index is -2.78. The molecule has 1 N–H and O–H groups in total. The van der Waals surface area contributed by atoms with Gasteiger partial charge in [-0.3, -0.25) is 0 Å². The molecule has 1 fully saturated rings. The summed E-state index contributed by atoms with van der Waals surface area (Å²) < 4.78 is 29.0. The fourth-order valence-electron chi connectivity index (χ4n) is 2.33. The zero-order valence-electron chi connectivity index (χ0n) is 10.9. The van der Waals surface area contributed by atoms with Crippen LogP contribution in [-0.2, 0) is 16.4 Å². The van der Waals surface area contributed by atoms with E-state index in [1.807, 2.05) is 18.2 Å². The van der Waals surface area contributed by atoms with Crippen molar-refractivity contribution in [1.29, 1.82) is 0 Å². The molecule has 0 aromatic heterocycles. The number of rotatable bonds is 5. The Morgan fingerprint density at radius 2 is 2.26 bits per heavy atom. The van der Waals surface area contributed by atoms with Crippen molar-refractivity contribution in [2.75, 3.05) is 25.2 Å². The minimum absolute atomic E-state index is 0.239. The Balaban J connectivity index is 1.88. The number of benzene rings is 1. The molecule has 0 bridgehead atoms. The van der Waals surface area contributed by atoms with Gasteiger partial charge in [0.2, 0.25) is 0 Å². The summed E-state index contributed by atoms with van der Waals surface area (Å²) in [5.74, 6) is 1.73. The number of halogens is 1. The van der Waals surface area contributed by atoms with Gasteiger partial charge in [0.25, 0.3) is 0 Å². The first kappa shape index (κ1) is 14.8. The van der Waals surface area contributed by atoms with E-state index >= 15 is 0 Å². The van der Waals surface area contributed by atoms with Crippen molar-refractivity contribution in [1.82, 2.24) is 5.32 Å². The van der Waals surface area contributed by atoms with E-state index in [2.05, 4.69) is 21.2 Å². The molecule has 1 saturated heterocycles.